The van der Waals surface area contributed by atoms with Crippen molar-refractivity contribution in [1.29, 1.82) is 0 Å². The maximum Gasteiger partial charge on any atom is 0.233 e. The van der Waals surface area contributed by atoms with E-state index in [1.807, 2.05) is 19.1 Å². The number of carbonyl (C=O) groups excluding carboxylic acids is 2. The summed E-state index contributed by atoms with van der Waals surface area (Å²) in [6, 6.07) is 17.2. The zero-order valence-corrected chi connectivity index (χ0v) is 13.0. The monoisotopic (exact) mass is 300 g/mol. The highest BCUT2D eigenvalue weighted by atomic mass is 16.7. The van der Waals surface area contributed by atoms with Crippen molar-refractivity contribution in [2.45, 2.75) is 13.2 Å². The molecule has 0 bridgehead atoms. The maximum atomic E-state index is 11.8. The van der Waals surface area contributed by atoms with Crippen molar-refractivity contribution < 1.29 is 19.1 Å². The summed E-state index contributed by atoms with van der Waals surface area (Å²) in [7, 11) is 3.21. The summed E-state index contributed by atoms with van der Waals surface area (Å²) in [6.45, 7) is 1.83. The highest BCUT2D eigenvalue weighted by Gasteiger charge is 2.16. The van der Waals surface area contributed by atoms with E-state index in [0.717, 1.165) is 0 Å². The molecule has 0 spiro atoms. The molecule has 0 fully saturated rings. The van der Waals surface area contributed by atoms with Gasteiger partial charge >= 0.3 is 0 Å². The normalized spacial score (nSPS) is 9.82. The number of ether oxygens (including phenoxy) is 2. The minimum atomic E-state index is -0.466. The first-order chi connectivity index (χ1) is 10.6. The molecular weight excluding hydrogens is 280 g/mol. The molecule has 2 aromatic rings. The highest BCUT2D eigenvalue weighted by Crippen LogP contribution is 2.07. The lowest BCUT2D eigenvalue weighted by Gasteiger charge is -2.03. The number of methoxy groups -OCH3 is 2. The summed E-state index contributed by atoms with van der Waals surface area (Å²) < 4.78 is 9.35. The lowest BCUT2D eigenvalue weighted by Crippen LogP contribution is -2.14. The number of carbonyl (C=O) groups is 2. The van der Waals surface area contributed by atoms with Gasteiger partial charge < -0.3 is 9.47 Å². The Labute approximate surface area is 130 Å². The van der Waals surface area contributed by atoms with Gasteiger partial charge in [0.25, 0.3) is 0 Å². The Kier molecular flexibility index (Phi) is 7.75. The third kappa shape index (κ3) is 5.60. The van der Waals surface area contributed by atoms with Crippen LogP contribution in [0.5, 0.6) is 0 Å². The van der Waals surface area contributed by atoms with Crippen LogP contribution in [0.25, 0.3) is 0 Å². The van der Waals surface area contributed by atoms with Gasteiger partial charge in [-0.1, -0.05) is 60.7 Å². The fourth-order valence-corrected chi connectivity index (χ4v) is 1.54. The number of hydrogen-bond acceptors (Lipinski definition) is 4. The molecule has 2 aromatic carbocycles. The number of ketones is 2. The first-order valence-corrected chi connectivity index (χ1v) is 6.84. The van der Waals surface area contributed by atoms with Crippen molar-refractivity contribution in [2.75, 3.05) is 14.2 Å². The van der Waals surface area contributed by atoms with Gasteiger partial charge in [-0.2, -0.15) is 0 Å². The van der Waals surface area contributed by atoms with E-state index in [1.54, 1.807) is 62.8 Å². The molecule has 2 rings (SSSR count). The van der Waals surface area contributed by atoms with Gasteiger partial charge in [0.1, 0.15) is 0 Å². The second-order valence-electron chi connectivity index (χ2n) is 4.43. The highest BCUT2D eigenvalue weighted by molar-refractivity contribution is 6.49. The molecule has 22 heavy (non-hydrogen) atoms. The summed E-state index contributed by atoms with van der Waals surface area (Å²) >= 11 is 0. The quantitative estimate of drug-likeness (QED) is 0.482. The van der Waals surface area contributed by atoms with Crippen LogP contribution in [0.1, 0.15) is 27.6 Å². The van der Waals surface area contributed by atoms with Crippen LogP contribution in [-0.4, -0.2) is 32.1 Å². The van der Waals surface area contributed by atoms with Crippen LogP contribution in [0.15, 0.2) is 60.7 Å². The molecule has 0 unspecified atom stereocenters. The van der Waals surface area contributed by atoms with Gasteiger partial charge in [-0.3, -0.25) is 9.59 Å². The van der Waals surface area contributed by atoms with Crippen molar-refractivity contribution in [3.8, 4) is 0 Å². The van der Waals surface area contributed by atoms with E-state index in [9.17, 15) is 9.59 Å². The van der Waals surface area contributed by atoms with Crippen LogP contribution in [-0.2, 0) is 9.47 Å². The minimum Gasteiger partial charge on any atom is -0.356 e. The first-order valence-electron chi connectivity index (χ1n) is 6.84. The first kappa shape index (κ1) is 17.8. The van der Waals surface area contributed by atoms with Crippen LogP contribution >= 0.6 is 0 Å². The third-order valence-electron chi connectivity index (χ3n) is 2.94. The van der Waals surface area contributed by atoms with Crippen molar-refractivity contribution in [3.05, 3.63) is 71.8 Å². The van der Waals surface area contributed by atoms with Gasteiger partial charge in [0.2, 0.25) is 11.6 Å². The molecule has 0 aromatic heterocycles. The fourth-order valence-electron chi connectivity index (χ4n) is 1.54. The molecule has 0 radical (unpaired) electrons. The Morgan fingerprint density at radius 1 is 0.727 bits per heavy atom. The van der Waals surface area contributed by atoms with E-state index in [0.29, 0.717) is 11.1 Å². The number of rotatable bonds is 5. The van der Waals surface area contributed by atoms with Gasteiger partial charge in [-0.25, -0.2) is 0 Å². The SMILES string of the molecule is COC(C)OC.O=C(C(=O)c1ccccc1)c1ccccc1. The third-order valence-corrected chi connectivity index (χ3v) is 2.94. The predicted octanol–water partition coefficient (Wildman–Crippen LogP) is 3.38. The molecule has 116 valence electrons. The molecule has 0 saturated heterocycles. The van der Waals surface area contributed by atoms with Gasteiger partial charge in [0.15, 0.2) is 6.29 Å². The lowest BCUT2D eigenvalue weighted by atomic mass is 10.0. The molecule has 4 heteroatoms. The Morgan fingerprint density at radius 3 is 1.27 bits per heavy atom. The van der Waals surface area contributed by atoms with Crippen LogP contribution in [0.4, 0.5) is 0 Å². The summed E-state index contributed by atoms with van der Waals surface area (Å²) in [5, 5.41) is 0. The van der Waals surface area contributed by atoms with Gasteiger partial charge in [0, 0.05) is 25.3 Å². The zero-order valence-electron chi connectivity index (χ0n) is 13.0. The number of benzene rings is 2. The van der Waals surface area contributed by atoms with Gasteiger partial charge in [-0.05, 0) is 6.92 Å². The largest absolute Gasteiger partial charge is 0.356 e. The van der Waals surface area contributed by atoms with E-state index < -0.39 is 11.6 Å². The Bertz CT molecular complexity index is 525. The molecule has 0 aliphatic rings. The molecule has 0 N–H and O–H groups in total. The second-order valence-corrected chi connectivity index (χ2v) is 4.43. The fraction of sp³-hybridized carbons (Fsp3) is 0.222. The van der Waals surface area contributed by atoms with Gasteiger partial charge in [-0.15, -0.1) is 0 Å². The molecule has 0 atom stereocenters. The van der Waals surface area contributed by atoms with Crippen LogP contribution < -0.4 is 0 Å². The molecule has 0 amide bonds. The van der Waals surface area contributed by atoms with E-state index in [2.05, 4.69) is 9.47 Å². The lowest BCUT2D eigenvalue weighted by molar-refractivity contribution is -0.0877. The molecular formula is C18H20O4. The molecule has 4 nitrogen and oxygen atoms in total. The topological polar surface area (TPSA) is 52.6 Å². The summed E-state index contributed by atoms with van der Waals surface area (Å²) in [6.07, 6.45) is -0.0648. The smallest absolute Gasteiger partial charge is 0.233 e. The average Bonchev–Trinajstić information content (AvgIpc) is 2.61. The van der Waals surface area contributed by atoms with Crippen LogP contribution in [0.3, 0.4) is 0 Å². The van der Waals surface area contributed by atoms with E-state index in [4.69, 9.17) is 0 Å². The molecule has 0 heterocycles. The summed E-state index contributed by atoms with van der Waals surface area (Å²) in [4.78, 5) is 23.6. The van der Waals surface area contributed by atoms with Crippen molar-refractivity contribution in [1.82, 2.24) is 0 Å². The van der Waals surface area contributed by atoms with E-state index in [-0.39, 0.29) is 6.29 Å². The summed E-state index contributed by atoms with van der Waals surface area (Å²) in [5.74, 6) is -0.932. The zero-order chi connectivity index (χ0) is 16.4. The standard InChI is InChI=1S/C14H10O2.C4H10O2/c15-13(11-7-3-1-4-8-11)14(16)12-9-5-2-6-10-12;1-4(5-2)6-3/h1-10H;4H,1-3H3. The van der Waals surface area contributed by atoms with E-state index >= 15 is 0 Å². The van der Waals surface area contributed by atoms with Crippen molar-refractivity contribution in [3.63, 3.8) is 0 Å². The molecule has 0 aliphatic heterocycles. The Balaban J connectivity index is 0.000000346. The molecule has 0 aliphatic carbocycles. The van der Waals surface area contributed by atoms with Crippen molar-refractivity contribution >= 4 is 11.6 Å². The minimum absolute atomic E-state index is 0.0648. The van der Waals surface area contributed by atoms with Crippen LogP contribution in [0, 0.1) is 0 Å². The van der Waals surface area contributed by atoms with Gasteiger partial charge in [0.05, 0.1) is 0 Å². The van der Waals surface area contributed by atoms with Crippen LogP contribution in [0.2, 0.25) is 0 Å². The number of hydrogen-bond donors (Lipinski definition) is 0. The Morgan fingerprint density at radius 2 is 1.05 bits per heavy atom. The average molecular weight is 300 g/mol. The van der Waals surface area contributed by atoms with E-state index in [1.165, 1.54) is 0 Å². The second kappa shape index (κ2) is 9.60. The summed E-state index contributed by atoms with van der Waals surface area (Å²) in [5.41, 5.74) is 0.854. The Hall–Kier alpha value is -2.30. The van der Waals surface area contributed by atoms with Crippen molar-refractivity contribution in [2.24, 2.45) is 0 Å². The predicted molar refractivity (Wildman–Crippen MR) is 85.0 cm³/mol. The number of Topliss-reactive ketones (excluding diaryl/α,β-unsaturated/α-hetero) is 2. The maximum absolute atomic E-state index is 11.8. The molecule has 0 saturated carbocycles.